The Kier molecular flexibility index (Phi) is 11.9. The van der Waals surface area contributed by atoms with Gasteiger partial charge in [0.25, 0.3) is 0 Å². The van der Waals surface area contributed by atoms with E-state index in [0.29, 0.717) is 0 Å². The molecule has 0 atom stereocenters. The molecule has 0 aromatic rings. The van der Waals surface area contributed by atoms with Crippen LogP contribution in [0.5, 0.6) is 0 Å². The van der Waals surface area contributed by atoms with E-state index in [1.165, 1.54) is 56.3 Å². The molecule has 0 radical (unpaired) electrons. The first kappa shape index (κ1) is 20.1. The Morgan fingerprint density at radius 2 is 0.778 bits per heavy atom. The summed E-state index contributed by atoms with van der Waals surface area (Å²) in [4.78, 5) is 0. The van der Waals surface area contributed by atoms with E-state index in [9.17, 15) is 0 Å². The van der Waals surface area contributed by atoms with E-state index in [1.54, 1.807) is 0 Å². The molecule has 0 fully saturated rings. The van der Waals surface area contributed by atoms with E-state index in [-0.39, 0.29) is 0 Å². The van der Waals surface area contributed by atoms with Gasteiger partial charge in [-0.3, -0.25) is 0 Å². The quantitative estimate of drug-likeness (QED) is 0.498. The molecule has 6 heteroatoms. The van der Waals surface area contributed by atoms with Crippen molar-refractivity contribution in [2.45, 2.75) is 53.4 Å². The van der Waals surface area contributed by atoms with E-state index < -0.39 is 14.6 Å². The molecule has 0 aliphatic heterocycles. The molecule has 0 saturated carbocycles. The van der Waals surface area contributed by atoms with Crippen molar-refractivity contribution in [2.75, 3.05) is 26.2 Å². The van der Waals surface area contributed by atoms with Crippen LogP contribution in [0.3, 0.4) is 0 Å². The minimum absolute atomic E-state index is 1.33. The Balaban J connectivity index is 0. The van der Waals surface area contributed by atoms with Crippen LogP contribution in [0.25, 0.3) is 0 Å². The van der Waals surface area contributed by atoms with Crippen molar-refractivity contribution < 1.29 is 33.4 Å². The van der Waals surface area contributed by atoms with Crippen molar-refractivity contribution in [3.8, 4) is 0 Å². The second kappa shape index (κ2) is 10.7. The van der Waals surface area contributed by atoms with Crippen LogP contribution in [0, 0.1) is 0 Å². The van der Waals surface area contributed by atoms with Crippen molar-refractivity contribution in [1.82, 2.24) is 0 Å². The van der Waals surface area contributed by atoms with Crippen LogP contribution in [-0.4, -0.2) is 30.7 Å². The molecule has 0 N–H and O–H groups in total. The maximum absolute atomic E-state index is 8.61. The van der Waals surface area contributed by atoms with E-state index in [1.807, 2.05) is 0 Å². The molecule has 0 spiro atoms. The SMILES string of the molecule is CCC[N+](CCC)(CCC)CCC.[O]=[Ru-](=[O])(=[O])=[O]. The van der Waals surface area contributed by atoms with Crippen LogP contribution in [-0.2, 0) is 28.9 Å². The van der Waals surface area contributed by atoms with E-state index in [2.05, 4.69) is 27.7 Å². The third-order valence-electron chi connectivity index (χ3n) is 2.79. The zero-order chi connectivity index (χ0) is 14.7. The van der Waals surface area contributed by atoms with Crippen LogP contribution in [0.4, 0.5) is 0 Å². The molecule has 18 heavy (non-hydrogen) atoms. The fourth-order valence-electron chi connectivity index (χ4n) is 2.57. The number of nitrogens with zero attached hydrogens (tertiary/aromatic N) is 1. The van der Waals surface area contributed by atoms with Gasteiger partial charge in [-0.25, -0.2) is 0 Å². The average molecular weight is 351 g/mol. The molecule has 0 heterocycles. The summed E-state index contributed by atoms with van der Waals surface area (Å²) in [6.45, 7) is 14.8. The van der Waals surface area contributed by atoms with Gasteiger partial charge in [-0.2, -0.15) is 0 Å². The number of quaternary nitrogens is 1. The molecule has 113 valence electrons. The van der Waals surface area contributed by atoms with Gasteiger partial charge in [0, 0.05) is 0 Å². The third-order valence-corrected chi connectivity index (χ3v) is 2.79. The molecular weight excluding hydrogens is 323 g/mol. The zero-order valence-corrected chi connectivity index (χ0v) is 13.8. The van der Waals surface area contributed by atoms with Gasteiger partial charge in [0.15, 0.2) is 0 Å². The molecule has 5 nitrogen and oxygen atoms in total. The molecule has 0 bridgehead atoms. The predicted molar refractivity (Wildman–Crippen MR) is 63.6 cm³/mol. The third kappa shape index (κ3) is 13.8. The molecular formula is C12H28NO4Ru. The maximum atomic E-state index is 8.61. The van der Waals surface area contributed by atoms with Crippen molar-refractivity contribution in [1.29, 1.82) is 0 Å². The van der Waals surface area contributed by atoms with Gasteiger partial charge in [-0.1, -0.05) is 27.7 Å². The van der Waals surface area contributed by atoms with Gasteiger partial charge >= 0.3 is 28.9 Å². The summed E-state index contributed by atoms with van der Waals surface area (Å²) in [6.07, 6.45) is 5.33. The van der Waals surface area contributed by atoms with Crippen LogP contribution >= 0.6 is 0 Å². The van der Waals surface area contributed by atoms with Gasteiger partial charge in [0.1, 0.15) is 0 Å². The Bertz CT molecular complexity index is 327. The summed E-state index contributed by atoms with van der Waals surface area (Å²) in [5.41, 5.74) is 0. The summed E-state index contributed by atoms with van der Waals surface area (Å²) < 4.78 is 35.8. The Hall–Kier alpha value is -0.217. The zero-order valence-electron chi connectivity index (χ0n) is 12.1. The first-order chi connectivity index (χ1) is 8.24. The fourth-order valence-corrected chi connectivity index (χ4v) is 2.57. The van der Waals surface area contributed by atoms with E-state index in [0.717, 1.165) is 0 Å². The minimum atomic E-state index is -5.86. The molecule has 0 aromatic carbocycles. The van der Waals surface area contributed by atoms with Crippen molar-refractivity contribution in [2.24, 2.45) is 0 Å². The average Bonchev–Trinajstić information content (AvgIpc) is 2.16. The fraction of sp³-hybridized carbons (Fsp3) is 1.00. The van der Waals surface area contributed by atoms with Gasteiger partial charge in [0.2, 0.25) is 0 Å². The molecule has 0 aliphatic carbocycles. The first-order valence-electron chi connectivity index (χ1n) is 6.67. The topological polar surface area (TPSA) is 68.3 Å². The summed E-state index contributed by atoms with van der Waals surface area (Å²) in [5, 5.41) is 0. The molecule has 0 unspecified atom stereocenters. The Labute approximate surface area is 113 Å². The van der Waals surface area contributed by atoms with Gasteiger partial charge < -0.3 is 4.48 Å². The second-order valence-electron chi connectivity index (χ2n) is 4.59. The van der Waals surface area contributed by atoms with Crippen LogP contribution in [0.2, 0.25) is 0 Å². The van der Waals surface area contributed by atoms with Crippen LogP contribution in [0.15, 0.2) is 0 Å². The Morgan fingerprint density at radius 3 is 0.889 bits per heavy atom. The molecule has 0 aliphatic rings. The van der Waals surface area contributed by atoms with E-state index >= 15 is 0 Å². The number of hydrogen-bond donors (Lipinski definition) is 0. The van der Waals surface area contributed by atoms with Gasteiger partial charge in [-0.05, 0) is 25.7 Å². The van der Waals surface area contributed by atoms with Crippen LogP contribution < -0.4 is 0 Å². The van der Waals surface area contributed by atoms with Crippen molar-refractivity contribution >= 4 is 0 Å². The summed E-state index contributed by atoms with van der Waals surface area (Å²) >= 11 is -5.86. The standard InChI is InChI=1S/C12H28N.4O.Ru/c1-5-9-13(10-6-2,11-7-3)12-8-4;;;;;/h5-12H2,1-4H3;;;;;/q+1;;;;;-1. The second-order valence-corrected chi connectivity index (χ2v) is 6.33. The summed E-state index contributed by atoms with van der Waals surface area (Å²) in [7, 11) is 0. The first-order valence-corrected chi connectivity index (χ1v) is 9.51. The normalized spacial score (nSPS) is 11.8. The number of hydrogen-bond acceptors (Lipinski definition) is 4. The van der Waals surface area contributed by atoms with Crippen molar-refractivity contribution in [3.05, 3.63) is 0 Å². The predicted octanol–water partition coefficient (Wildman–Crippen LogP) is 2.97. The Morgan fingerprint density at radius 1 is 0.611 bits per heavy atom. The van der Waals surface area contributed by atoms with Gasteiger partial charge in [-0.15, -0.1) is 0 Å². The summed E-state index contributed by atoms with van der Waals surface area (Å²) in [5.74, 6) is 0. The number of rotatable bonds is 8. The molecule has 0 aromatic heterocycles. The molecule has 0 rings (SSSR count). The molecule has 0 amide bonds. The summed E-state index contributed by atoms with van der Waals surface area (Å²) in [6, 6.07) is 0. The van der Waals surface area contributed by atoms with Gasteiger partial charge in [0.05, 0.1) is 26.2 Å². The monoisotopic (exact) mass is 352 g/mol. The molecule has 0 saturated heterocycles. The van der Waals surface area contributed by atoms with Crippen molar-refractivity contribution in [3.63, 3.8) is 0 Å². The van der Waals surface area contributed by atoms with E-state index in [4.69, 9.17) is 14.3 Å². The van der Waals surface area contributed by atoms with Crippen LogP contribution in [0.1, 0.15) is 53.4 Å².